The van der Waals surface area contributed by atoms with Crippen LogP contribution in [0.15, 0.2) is 11.1 Å². The van der Waals surface area contributed by atoms with Gasteiger partial charge in [-0.1, -0.05) is 5.57 Å². The highest BCUT2D eigenvalue weighted by Gasteiger charge is 2.39. The van der Waals surface area contributed by atoms with E-state index in [0.717, 1.165) is 36.8 Å². The van der Waals surface area contributed by atoms with Gasteiger partial charge in [-0.25, -0.2) is 0 Å². The monoisotopic (exact) mass is 240 g/mol. The summed E-state index contributed by atoms with van der Waals surface area (Å²) in [5.74, 6) is -1.78. The lowest BCUT2D eigenvalue weighted by Crippen LogP contribution is -2.34. The fourth-order valence-electron chi connectivity index (χ4n) is 2.33. The van der Waals surface area contributed by atoms with E-state index in [-0.39, 0.29) is 0 Å². The average Bonchev–Trinajstić information content (AvgIpc) is 2.64. The standard InChI is InChI=1S/C13H20O4/c1-9(2)10(3)13(6-4-5-7-13)17-12(16)8-11(14)15/h4-8H2,1-3H3,(H,14,15). The first kappa shape index (κ1) is 13.7. The molecule has 0 amide bonds. The molecule has 0 saturated heterocycles. The molecule has 4 nitrogen and oxygen atoms in total. The van der Waals surface area contributed by atoms with Crippen LogP contribution in [0.3, 0.4) is 0 Å². The van der Waals surface area contributed by atoms with Crippen LogP contribution in [0, 0.1) is 0 Å². The van der Waals surface area contributed by atoms with Gasteiger partial charge < -0.3 is 9.84 Å². The molecule has 1 saturated carbocycles. The van der Waals surface area contributed by atoms with Gasteiger partial charge in [0.05, 0.1) is 0 Å². The Morgan fingerprint density at radius 3 is 2.12 bits per heavy atom. The predicted molar refractivity (Wildman–Crippen MR) is 63.6 cm³/mol. The molecule has 1 fully saturated rings. The number of esters is 1. The van der Waals surface area contributed by atoms with Crippen molar-refractivity contribution in [1.29, 1.82) is 0 Å². The summed E-state index contributed by atoms with van der Waals surface area (Å²) in [7, 11) is 0. The van der Waals surface area contributed by atoms with Gasteiger partial charge in [-0.05, 0) is 52.0 Å². The molecular formula is C13H20O4. The van der Waals surface area contributed by atoms with Crippen LogP contribution in [0.2, 0.25) is 0 Å². The fraction of sp³-hybridized carbons (Fsp3) is 0.692. The SMILES string of the molecule is CC(C)=C(C)C1(OC(=O)CC(=O)O)CCCC1. The number of carboxylic acids is 1. The molecule has 0 radical (unpaired) electrons. The minimum Gasteiger partial charge on any atom is -0.481 e. The minimum atomic E-state index is -1.14. The summed E-state index contributed by atoms with van der Waals surface area (Å²) in [6.07, 6.45) is 3.08. The van der Waals surface area contributed by atoms with Gasteiger partial charge in [0, 0.05) is 0 Å². The van der Waals surface area contributed by atoms with Crippen molar-refractivity contribution < 1.29 is 19.4 Å². The van der Waals surface area contributed by atoms with Gasteiger partial charge >= 0.3 is 11.9 Å². The van der Waals surface area contributed by atoms with Crippen molar-refractivity contribution >= 4 is 11.9 Å². The smallest absolute Gasteiger partial charge is 0.318 e. The molecule has 4 heteroatoms. The first-order valence-electron chi connectivity index (χ1n) is 5.95. The maximum Gasteiger partial charge on any atom is 0.318 e. The number of carbonyl (C=O) groups excluding carboxylic acids is 1. The van der Waals surface area contributed by atoms with Crippen LogP contribution in [0.4, 0.5) is 0 Å². The molecule has 0 aromatic carbocycles. The van der Waals surface area contributed by atoms with E-state index in [2.05, 4.69) is 0 Å². The van der Waals surface area contributed by atoms with E-state index < -0.39 is 24.0 Å². The van der Waals surface area contributed by atoms with Gasteiger partial charge in [-0.2, -0.15) is 0 Å². The highest BCUT2D eigenvalue weighted by atomic mass is 16.6. The van der Waals surface area contributed by atoms with E-state index in [1.54, 1.807) is 0 Å². The second-order valence-corrected chi connectivity index (χ2v) is 4.87. The molecule has 17 heavy (non-hydrogen) atoms. The number of hydrogen-bond donors (Lipinski definition) is 1. The maximum atomic E-state index is 11.5. The maximum absolute atomic E-state index is 11.5. The van der Waals surface area contributed by atoms with E-state index in [1.807, 2.05) is 20.8 Å². The molecule has 0 spiro atoms. The number of hydrogen-bond acceptors (Lipinski definition) is 3. The topological polar surface area (TPSA) is 63.6 Å². The van der Waals surface area contributed by atoms with Crippen LogP contribution in [-0.2, 0) is 14.3 Å². The molecule has 1 aliphatic carbocycles. The summed E-state index contributed by atoms with van der Waals surface area (Å²) in [6, 6.07) is 0. The van der Waals surface area contributed by atoms with E-state index in [1.165, 1.54) is 0 Å². The molecule has 0 aliphatic heterocycles. The fourth-order valence-corrected chi connectivity index (χ4v) is 2.33. The Bertz CT molecular complexity index is 344. The molecular weight excluding hydrogens is 220 g/mol. The molecule has 0 aromatic rings. The van der Waals surface area contributed by atoms with Gasteiger partial charge in [0.2, 0.25) is 0 Å². The van der Waals surface area contributed by atoms with Crippen LogP contribution in [0.1, 0.15) is 52.9 Å². The Kier molecular flexibility index (Phi) is 4.32. The van der Waals surface area contributed by atoms with Crippen molar-refractivity contribution in [3.63, 3.8) is 0 Å². The largest absolute Gasteiger partial charge is 0.481 e. The second-order valence-electron chi connectivity index (χ2n) is 4.87. The van der Waals surface area contributed by atoms with Crippen molar-refractivity contribution in [2.45, 2.75) is 58.5 Å². The Balaban J connectivity index is 2.83. The molecule has 96 valence electrons. The summed E-state index contributed by atoms with van der Waals surface area (Å²) >= 11 is 0. The zero-order chi connectivity index (χ0) is 13.1. The average molecular weight is 240 g/mol. The van der Waals surface area contributed by atoms with Gasteiger partial charge in [-0.3, -0.25) is 9.59 Å². The molecule has 0 unspecified atom stereocenters. The predicted octanol–water partition coefficient (Wildman–Crippen LogP) is 2.67. The van der Waals surface area contributed by atoms with Crippen molar-refractivity contribution in [3.8, 4) is 0 Å². The van der Waals surface area contributed by atoms with Crippen LogP contribution < -0.4 is 0 Å². The third kappa shape index (κ3) is 3.32. The van der Waals surface area contributed by atoms with Crippen molar-refractivity contribution in [2.24, 2.45) is 0 Å². The minimum absolute atomic E-state index is 0.550. The highest BCUT2D eigenvalue weighted by Crippen LogP contribution is 2.40. The van der Waals surface area contributed by atoms with Crippen molar-refractivity contribution in [3.05, 3.63) is 11.1 Å². The van der Waals surface area contributed by atoms with E-state index in [0.29, 0.717) is 0 Å². The van der Waals surface area contributed by atoms with E-state index >= 15 is 0 Å². The van der Waals surface area contributed by atoms with E-state index in [9.17, 15) is 9.59 Å². The van der Waals surface area contributed by atoms with Gasteiger partial charge in [0.25, 0.3) is 0 Å². The zero-order valence-electron chi connectivity index (χ0n) is 10.7. The number of allylic oxidation sites excluding steroid dienone is 1. The van der Waals surface area contributed by atoms with Crippen LogP contribution in [-0.4, -0.2) is 22.6 Å². The summed E-state index contributed by atoms with van der Waals surface area (Å²) in [5.41, 5.74) is 1.65. The quantitative estimate of drug-likeness (QED) is 0.466. The molecule has 0 atom stereocenters. The third-order valence-corrected chi connectivity index (χ3v) is 3.45. The van der Waals surface area contributed by atoms with E-state index in [4.69, 9.17) is 9.84 Å². The molecule has 1 rings (SSSR count). The second kappa shape index (κ2) is 5.34. The molecule has 0 heterocycles. The van der Waals surface area contributed by atoms with Crippen LogP contribution in [0.5, 0.6) is 0 Å². The molecule has 0 bridgehead atoms. The normalized spacial score (nSPS) is 17.6. The summed E-state index contributed by atoms with van der Waals surface area (Å²) in [6.45, 7) is 5.94. The lowest BCUT2D eigenvalue weighted by molar-refractivity contribution is -0.160. The first-order valence-corrected chi connectivity index (χ1v) is 5.95. The number of carboxylic acid groups (broad SMARTS) is 1. The number of rotatable bonds is 4. The summed E-state index contributed by atoms with van der Waals surface area (Å²) in [4.78, 5) is 22.0. The van der Waals surface area contributed by atoms with Crippen molar-refractivity contribution in [2.75, 3.05) is 0 Å². The zero-order valence-corrected chi connectivity index (χ0v) is 10.7. The molecule has 0 aromatic heterocycles. The summed E-state index contributed by atoms with van der Waals surface area (Å²) < 4.78 is 5.46. The highest BCUT2D eigenvalue weighted by molar-refractivity contribution is 5.90. The molecule has 1 N–H and O–H groups in total. The van der Waals surface area contributed by atoms with Gasteiger partial charge in [-0.15, -0.1) is 0 Å². The Labute approximate surface area is 102 Å². The molecule has 1 aliphatic rings. The van der Waals surface area contributed by atoms with Crippen LogP contribution in [0.25, 0.3) is 0 Å². The third-order valence-electron chi connectivity index (χ3n) is 3.45. The Morgan fingerprint density at radius 2 is 1.71 bits per heavy atom. The first-order chi connectivity index (χ1) is 7.87. The number of carbonyl (C=O) groups is 2. The number of aliphatic carboxylic acids is 1. The summed E-state index contributed by atoms with van der Waals surface area (Å²) in [5, 5.41) is 8.58. The Hall–Kier alpha value is -1.32. The van der Waals surface area contributed by atoms with Crippen molar-refractivity contribution in [1.82, 2.24) is 0 Å². The Morgan fingerprint density at radius 1 is 1.18 bits per heavy atom. The lowest BCUT2D eigenvalue weighted by Gasteiger charge is -2.31. The van der Waals surface area contributed by atoms with Crippen LogP contribution >= 0.6 is 0 Å². The lowest BCUT2D eigenvalue weighted by atomic mass is 9.89. The van der Waals surface area contributed by atoms with Gasteiger partial charge in [0.1, 0.15) is 12.0 Å². The van der Waals surface area contributed by atoms with Gasteiger partial charge in [0.15, 0.2) is 0 Å². The number of ether oxygens (including phenoxy) is 1.